The van der Waals surface area contributed by atoms with E-state index in [1.54, 1.807) is 12.1 Å². The van der Waals surface area contributed by atoms with Gasteiger partial charge in [0.15, 0.2) is 0 Å². The van der Waals surface area contributed by atoms with Gasteiger partial charge in [0.2, 0.25) is 0 Å². The number of nitrogens with one attached hydrogen (secondary N) is 1. The molecule has 1 rings (SSSR count). The van der Waals surface area contributed by atoms with E-state index in [0.717, 1.165) is 5.56 Å². The number of rotatable bonds is 5. The van der Waals surface area contributed by atoms with Crippen molar-refractivity contribution < 1.29 is 9.13 Å². The lowest BCUT2D eigenvalue weighted by molar-refractivity contribution is 0.269. The van der Waals surface area contributed by atoms with Crippen molar-refractivity contribution in [2.45, 2.75) is 32.9 Å². The molecule has 0 aromatic heterocycles. The molecule has 1 aromatic rings. The number of hydrogen-bond acceptors (Lipinski definition) is 2. The van der Waals surface area contributed by atoms with Crippen LogP contribution in [0.25, 0.3) is 0 Å². The summed E-state index contributed by atoms with van der Waals surface area (Å²) in [4.78, 5) is 0. The van der Waals surface area contributed by atoms with Gasteiger partial charge in [-0.1, -0.05) is 11.6 Å². The highest BCUT2D eigenvalue weighted by Gasteiger charge is 2.11. The summed E-state index contributed by atoms with van der Waals surface area (Å²) in [6.45, 7) is 6.48. The molecule has 0 fully saturated rings. The van der Waals surface area contributed by atoms with Gasteiger partial charge in [0, 0.05) is 22.7 Å². The Morgan fingerprint density at radius 1 is 1.35 bits per heavy atom. The standard InChI is InChI=1S/C13H19ClFNO/c1-13(2,3)16-9-10-8-11(14)4-5-12(10)17-7-6-15/h4-5,8,16H,6-7,9H2,1-3H3. The lowest BCUT2D eigenvalue weighted by Gasteiger charge is -2.21. The van der Waals surface area contributed by atoms with E-state index in [1.165, 1.54) is 0 Å². The van der Waals surface area contributed by atoms with Crippen molar-refractivity contribution in [3.05, 3.63) is 28.8 Å². The molecule has 1 N–H and O–H groups in total. The van der Waals surface area contributed by atoms with Gasteiger partial charge in [-0.2, -0.15) is 0 Å². The predicted molar refractivity (Wildman–Crippen MR) is 69.5 cm³/mol. The minimum absolute atomic E-state index is 0.0136. The third-order valence-corrected chi connectivity index (χ3v) is 2.40. The Morgan fingerprint density at radius 2 is 2.06 bits per heavy atom. The van der Waals surface area contributed by atoms with Crippen molar-refractivity contribution >= 4 is 11.6 Å². The van der Waals surface area contributed by atoms with Gasteiger partial charge in [-0.05, 0) is 39.0 Å². The topological polar surface area (TPSA) is 21.3 Å². The Bertz CT molecular complexity index is 363. The molecule has 96 valence electrons. The Morgan fingerprint density at radius 3 is 2.65 bits per heavy atom. The minimum Gasteiger partial charge on any atom is -0.491 e. The van der Waals surface area contributed by atoms with Gasteiger partial charge in [-0.15, -0.1) is 0 Å². The quantitative estimate of drug-likeness (QED) is 0.873. The first-order valence-electron chi connectivity index (χ1n) is 5.64. The van der Waals surface area contributed by atoms with Crippen molar-refractivity contribution in [3.8, 4) is 5.75 Å². The summed E-state index contributed by atoms with van der Waals surface area (Å²) >= 11 is 5.94. The van der Waals surface area contributed by atoms with Crippen LogP contribution in [0.5, 0.6) is 5.75 Å². The zero-order valence-electron chi connectivity index (χ0n) is 10.5. The van der Waals surface area contributed by atoms with Crippen LogP contribution in [0, 0.1) is 0 Å². The highest BCUT2D eigenvalue weighted by atomic mass is 35.5. The van der Waals surface area contributed by atoms with Crippen LogP contribution in [0.15, 0.2) is 18.2 Å². The fraction of sp³-hybridized carbons (Fsp3) is 0.538. The predicted octanol–water partition coefficient (Wildman–Crippen LogP) is 3.58. The van der Waals surface area contributed by atoms with Crippen LogP contribution in [0.1, 0.15) is 26.3 Å². The van der Waals surface area contributed by atoms with E-state index >= 15 is 0 Å². The second-order valence-corrected chi connectivity index (χ2v) is 5.33. The van der Waals surface area contributed by atoms with Crippen molar-refractivity contribution in [2.24, 2.45) is 0 Å². The highest BCUT2D eigenvalue weighted by Crippen LogP contribution is 2.23. The summed E-state index contributed by atoms with van der Waals surface area (Å²) in [5.74, 6) is 0.684. The van der Waals surface area contributed by atoms with Crippen LogP contribution < -0.4 is 10.1 Å². The van der Waals surface area contributed by atoms with Gasteiger partial charge in [0.05, 0.1) is 0 Å². The normalized spacial score (nSPS) is 11.6. The van der Waals surface area contributed by atoms with E-state index in [0.29, 0.717) is 17.3 Å². The monoisotopic (exact) mass is 259 g/mol. The van der Waals surface area contributed by atoms with E-state index in [1.807, 2.05) is 6.07 Å². The average Bonchev–Trinajstić information content (AvgIpc) is 2.24. The third kappa shape index (κ3) is 5.37. The van der Waals surface area contributed by atoms with Crippen molar-refractivity contribution in [2.75, 3.05) is 13.3 Å². The molecule has 0 saturated carbocycles. The molecule has 0 amide bonds. The molecule has 0 radical (unpaired) electrons. The van der Waals surface area contributed by atoms with Crippen molar-refractivity contribution in [1.29, 1.82) is 0 Å². The van der Waals surface area contributed by atoms with Crippen molar-refractivity contribution in [1.82, 2.24) is 5.32 Å². The average molecular weight is 260 g/mol. The summed E-state index contributed by atoms with van der Waals surface area (Å²) in [5.41, 5.74) is 0.959. The Hall–Kier alpha value is -0.800. The number of halogens is 2. The zero-order valence-corrected chi connectivity index (χ0v) is 11.3. The molecule has 0 bridgehead atoms. The highest BCUT2D eigenvalue weighted by molar-refractivity contribution is 6.30. The van der Waals surface area contributed by atoms with E-state index in [9.17, 15) is 4.39 Å². The fourth-order valence-corrected chi connectivity index (χ4v) is 1.53. The molecule has 17 heavy (non-hydrogen) atoms. The van der Waals surface area contributed by atoms with E-state index in [-0.39, 0.29) is 12.1 Å². The molecule has 0 spiro atoms. The van der Waals surface area contributed by atoms with Gasteiger partial charge in [0.1, 0.15) is 19.0 Å². The van der Waals surface area contributed by atoms with Crippen LogP contribution >= 0.6 is 11.6 Å². The summed E-state index contributed by atoms with van der Waals surface area (Å²) < 4.78 is 17.4. The lowest BCUT2D eigenvalue weighted by Crippen LogP contribution is -2.35. The van der Waals surface area contributed by atoms with Crippen molar-refractivity contribution in [3.63, 3.8) is 0 Å². The zero-order chi connectivity index (χ0) is 12.9. The summed E-state index contributed by atoms with van der Waals surface area (Å²) in [5, 5.41) is 4.01. The molecule has 2 nitrogen and oxygen atoms in total. The Kier molecular flexibility index (Phi) is 5.22. The first-order chi connectivity index (χ1) is 7.92. The van der Waals surface area contributed by atoms with E-state index < -0.39 is 6.67 Å². The molecular weight excluding hydrogens is 241 g/mol. The second-order valence-electron chi connectivity index (χ2n) is 4.89. The largest absolute Gasteiger partial charge is 0.491 e. The Balaban J connectivity index is 2.76. The van der Waals surface area contributed by atoms with Gasteiger partial charge in [0.25, 0.3) is 0 Å². The summed E-state index contributed by atoms with van der Waals surface area (Å²) in [6, 6.07) is 5.36. The maximum atomic E-state index is 12.1. The Labute approximate surface area is 107 Å². The summed E-state index contributed by atoms with van der Waals surface area (Å²) in [7, 11) is 0. The molecule has 0 saturated heterocycles. The molecule has 0 heterocycles. The molecule has 1 aromatic carbocycles. The van der Waals surface area contributed by atoms with Gasteiger partial charge in [-0.25, -0.2) is 4.39 Å². The lowest BCUT2D eigenvalue weighted by atomic mass is 10.1. The first-order valence-corrected chi connectivity index (χ1v) is 6.02. The second kappa shape index (κ2) is 6.22. The van der Waals surface area contributed by atoms with Crippen LogP contribution in [-0.2, 0) is 6.54 Å². The molecule has 0 aliphatic carbocycles. The summed E-state index contributed by atoms with van der Waals surface area (Å²) in [6.07, 6.45) is 0. The van der Waals surface area contributed by atoms with E-state index in [2.05, 4.69) is 26.1 Å². The number of benzene rings is 1. The van der Waals surface area contributed by atoms with Crippen LogP contribution in [0.4, 0.5) is 4.39 Å². The number of hydrogen-bond donors (Lipinski definition) is 1. The molecule has 0 aliphatic heterocycles. The van der Waals surface area contributed by atoms with E-state index in [4.69, 9.17) is 16.3 Å². The fourth-order valence-electron chi connectivity index (χ4n) is 1.34. The van der Waals surface area contributed by atoms with Gasteiger partial charge in [-0.3, -0.25) is 0 Å². The smallest absolute Gasteiger partial charge is 0.124 e. The molecule has 0 atom stereocenters. The maximum absolute atomic E-state index is 12.1. The molecule has 4 heteroatoms. The maximum Gasteiger partial charge on any atom is 0.124 e. The molecular formula is C13H19ClFNO. The molecule has 0 aliphatic rings. The minimum atomic E-state index is -0.491. The van der Waals surface area contributed by atoms with Crippen LogP contribution in [0.3, 0.4) is 0 Å². The SMILES string of the molecule is CC(C)(C)NCc1cc(Cl)ccc1OCCF. The molecule has 0 unspecified atom stereocenters. The van der Waals surface area contributed by atoms with Crippen LogP contribution in [-0.4, -0.2) is 18.8 Å². The van der Waals surface area contributed by atoms with Gasteiger partial charge >= 0.3 is 0 Å². The number of alkyl halides is 1. The number of ether oxygens (including phenoxy) is 1. The first kappa shape index (κ1) is 14.3. The van der Waals surface area contributed by atoms with Gasteiger partial charge < -0.3 is 10.1 Å². The van der Waals surface area contributed by atoms with Crippen LogP contribution in [0.2, 0.25) is 5.02 Å². The third-order valence-electron chi connectivity index (χ3n) is 2.17.